The van der Waals surface area contributed by atoms with Crippen molar-refractivity contribution in [3.05, 3.63) is 59.9 Å². The zero-order chi connectivity index (χ0) is 20.4. The topological polar surface area (TPSA) is 75.9 Å². The van der Waals surface area contributed by atoms with Crippen LogP contribution in [0, 0.1) is 12.7 Å². The molecular formula is C21H23FN6O. The second-order valence-corrected chi connectivity index (χ2v) is 7.30. The third-order valence-corrected chi connectivity index (χ3v) is 5.18. The molecule has 3 aromatic rings. The van der Waals surface area contributed by atoms with E-state index < -0.39 is 0 Å². The summed E-state index contributed by atoms with van der Waals surface area (Å²) in [6.45, 7) is 3.26. The molecule has 0 saturated carbocycles. The molecule has 0 atom stereocenters. The summed E-state index contributed by atoms with van der Waals surface area (Å²) < 4.78 is 14.7. The van der Waals surface area contributed by atoms with Crippen LogP contribution >= 0.6 is 0 Å². The number of anilines is 1. The summed E-state index contributed by atoms with van der Waals surface area (Å²) in [5.74, 6) is 0.483. The van der Waals surface area contributed by atoms with Crippen LogP contribution in [0.2, 0.25) is 0 Å². The van der Waals surface area contributed by atoms with E-state index in [9.17, 15) is 9.18 Å². The summed E-state index contributed by atoms with van der Waals surface area (Å²) in [6.07, 6.45) is 3.24. The van der Waals surface area contributed by atoms with Crippen LogP contribution in [0.25, 0.3) is 11.3 Å². The van der Waals surface area contributed by atoms with Gasteiger partial charge >= 0.3 is 0 Å². The summed E-state index contributed by atoms with van der Waals surface area (Å²) in [4.78, 5) is 23.2. The molecule has 1 fully saturated rings. The SMILES string of the molecule is Cc1cc(NC2CCN(C(=O)c3cc(-c4ccc(F)cc4)nn3C)CC2)ncn1. The van der Waals surface area contributed by atoms with Gasteiger partial charge in [0, 0.05) is 43.5 Å². The highest BCUT2D eigenvalue weighted by molar-refractivity contribution is 5.93. The normalized spacial score (nSPS) is 14.8. The third-order valence-electron chi connectivity index (χ3n) is 5.18. The Labute approximate surface area is 168 Å². The molecular weight excluding hydrogens is 371 g/mol. The summed E-state index contributed by atoms with van der Waals surface area (Å²) in [5, 5.41) is 7.85. The number of rotatable bonds is 4. The van der Waals surface area contributed by atoms with Gasteiger partial charge in [0.15, 0.2) is 0 Å². The minimum Gasteiger partial charge on any atom is -0.367 e. The molecule has 150 valence electrons. The molecule has 0 aliphatic carbocycles. The molecule has 0 bridgehead atoms. The number of nitrogens with zero attached hydrogens (tertiary/aromatic N) is 5. The Morgan fingerprint density at radius 1 is 1.14 bits per heavy atom. The fourth-order valence-corrected chi connectivity index (χ4v) is 3.56. The first-order chi connectivity index (χ1) is 14.0. The van der Waals surface area contributed by atoms with E-state index in [-0.39, 0.29) is 17.8 Å². The second-order valence-electron chi connectivity index (χ2n) is 7.30. The quantitative estimate of drug-likeness (QED) is 0.736. The van der Waals surface area contributed by atoms with Gasteiger partial charge in [0.2, 0.25) is 0 Å². The molecule has 29 heavy (non-hydrogen) atoms. The number of likely N-dealkylation sites (tertiary alicyclic amines) is 1. The highest BCUT2D eigenvalue weighted by atomic mass is 19.1. The van der Waals surface area contributed by atoms with Crippen molar-refractivity contribution in [3.63, 3.8) is 0 Å². The summed E-state index contributed by atoms with van der Waals surface area (Å²) in [7, 11) is 1.76. The lowest BCUT2D eigenvalue weighted by molar-refractivity contribution is 0.0707. The zero-order valence-electron chi connectivity index (χ0n) is 16.5. The maximum atomic E-state index is 13.1. The van der Waals surface area contributed by atoms with Crippen molar-refractivity contribution in [2.75, 3.05) is 18.4 Å². The standard InChI is InChI=1S/C21H23FN6O/c1-14-11-20(24-13-23-14)25-17-7-9-28(10-8-17)21(29)19-12-18(26-27(19)2)15-3-5-16(22)6-4-15/h3-6,11-13,17H,7-10H2,1-2H3,(H,23,24,25). The summed E-state index contributed by atoms with van der Waals surface area (Å²) in [6, 6.07) is 10.1. The third kappa shape index (κ3) is 4.26. The maximum Gasteiger partial charge on any atom is 0.272 e. The van der Waals surface area contributed by atoms with Gasteiger partial charge in [-0.3, -0.25) is 9.48 Å². The number of carbonyl (C=O) groups is 1. The number of nitrogens with one attached hydrogen (secondary N) is 1. The predicted molar refractivity (Wildman–Crippen MR) is 108 cm³/mol. The van der Waals surface area contributed by atoms with E-state index in [1.54, 1.807) is 36.3 Å². The average Bonchev–Trinajstić information content (AvgIpc) is 3.10. The number of aromatic nitrogens is 4. The first-order valence-electron chi connectivity index (χ1n) is 9.64. The molecule has 4 rings (SSSR count). The lowest BCUT2D eigenvalue weighted by Crippen LogP contribution is -2.43. The predicted octanol–water partition coefficient (Wildman–Crippen LogP) is 3.04. The smallest absolute Gasteiger partial charge is 0.272 e. The van der Waals surface area contributed by atoms with Crippen molar-refractivity contribution in [3.8, 4) is 11.3 Å². The van der Waals surface area contributed by atoms with Gasteiger partial charge in [-0.05, 0) is 50.1 Å². The molecule has 8 heteroatoms. The van der Waals surface area contributed by atoms with Crippen LogP contribution in [0.1, 0.15) is 29.0 Å². The average molecular weight is 394 g/mol. The van der Waals surface area contributed by atoms with E-state index in [4.69, 9.17) is 0 Å². The molecule has 1 aliphatic rings. The van der Waals surface area contributed by atoms with Crippen molar-refractivity contribution < 1.29 is 9.18 Å². The van der Waals surface area contributed by atoms with Gasteiger partial charge in [-0.2, -0.15) is 5.10 Å². The largest absolute Gasteiger partial charge is 0.367 e. The lowest BCUT2D eigenvalue weighted by atomic mass is 10.0. The van der Waals surface area contributed by atoms with Crippen LogP contribution in [-0.2, 0) is 7.05 Å². The van der Waals surface area contributed by atoms with Crippen LogP contribution in [0.4, 0.5) is 10.2 Å². The molecule has 1 saturated heterocycles. The van der Waals surface area contributed by atoms with E-state index in [1.807, 2.05) is 17.9 Å². The van der Waals surface area contributed by atoms with Gasteiger partial charge in [-0.15, -0.1) is 0 Å². The molecule has 3 heterocycles. The first kappa shape index (κ1) is 19.0. The van der Waals surface area contributed by atoms with Gasteiger partial charge in [0.1, 0.15) is 23.7 Å². The highest BCUT2D eigenvalue weighted by Gasteiger charge is 2.26. The van der Waals surface area contributed by atoms with Crippen molar-refractivity contribution in [1.29, 1.82) is 0 Å². The van der Waals surface area contributed by atoms with Crippen molar-refractivity contribution >= 4 is 11.7 Å². The van der Waals surface area contributed by atoms with E-state index >= 15 is 0 Å². The molecule has 0 radical (unpaired) electrons. The lowest BCUT2D eigenvalue weighted by Gasteiger charge is -2.32. The molecule has 2 aromatic heterocycles. The van der Waals surface area contributed by atoms with Crippen LogP contribution < -0.4 is 5.32 Å². The zero-order valence-corrected chi connectivity index (χ0v) is 16.5. The van der Waals surface area contributed by atoms with Gasteiger partial charge in [-0.25, -0.2) is 14.4 Å². The van der Waals surface area contributed by atoms with E-state index in [1.165, 1.54) is 12.1 Å². The molecule has 1 aromatic carbocycles. The number of halogens is 1. The van der Waals surface area contributed by atoms with E-state index in [0.29, 0.717) is 24.5 Å². The maximum absolute atomic E-state index is 13.1. The minimum atomic E-state index is -0.297. The molecule has 0 unspecified atom stereocenters. The van der Waals surface area contributed by atoms with Gasteiger partial charge in [0.25, 0.3) is 5.91 Å². The fraction of sp³-hybridized carbons (Fsp3) is 0.333. The van der Waals surface area contributed by atoms with Crippen LogP contribution in [0.5, 0.6) is 0 Å². The van der Waals surface area contributed by atoms with Gasteiger partial charge in [-0.1, -0.05) is 0 Å². The Bertz CT molecular complexity index is 1010. The number of carbonyl (C=O) groups excluding carboxylic acids is 1. The van der Waals surface area contributed by atoms with Crippen LogP contribution in [-0.4, -0.2) is 49.7 Å². The van der Waals surface area contributed by atoms with E-state index in [2.05, 4.69) is 20.4 Å². The van der Waals surface area contributed by atoms with Gasteiger partial charge < -0.3 is 10.2 Å². The number of hydrogen-bond acceptors (Lipinski definition) is 5. The van der Waals surface area contributed by atoms with Crippen molar-refractivity contribution in [2.24, 2.45) is 7.05 Å². The molecule has 7 nitrogen and oxygen atoms in total. The van der Waals surface area contributed by atoms with Gasteiger partial charge in [0.05, 0.1) is 5.69 Å². The molecule has 0 spiro atoms. The van der Waals surface area contributed by atoms with Crippen molar-refractivity contribution in [1.82, 2.24) is 24.6 Å². The number of hydrogen-bond donors (Lipinski definition) is 1. The number of aryl methyl sites for hydroxylation is 2. The fourth-order valence-electron chi connectivity index (χ4n) is 3.56. The molecule has 1 amide bonds. The number of benzene rings is 1. The number of amides is 1. The Morgan fingerprint density at radius 2 is 1.86 bits per heavy atom. The summed E-state index contributed by atoms with van der Waals surface area (Å²) in [5.41, 5.74) is 2.89. The molecule has 1 N–H and O–H groups in total. The Morgan fingerprint density at radius 3 is 2.55 bits per heavy atom. The second kappa shape index (κ2) is 7.98. The highest BCUT2D eigenvalue weighted by Crippen LogP contribution is 2.22. The first-order valence-corrected chi connectivity index (χ1v) is 9.64. The van der Waals surface area contributed by atoms with Crippen molar-refractivity contribution in [2.45, 2.75) is 25.8 Å². The van der Waals surface area contributed by atoms with Crippen LogP contribution in [0.3, 0.4) is 0 Å². The minimum absolute atomic E-state index is 0.0373. The molecule has 1 aliphatic heterocycles. The monoisotopic (exact) mass is 394 g/mol. The summed E-state index contributed by atoms with van der Waals surface area (Å²) >= 11 is 0. The number of piperidine rings is 1. The Kier molecular flexibility index (Phi) is 5.24. The van der Waals surface area contributed by atoms with E-state index in [0.717, 1.165) is 29.9 Å². The Hall–Kier alpha value is -3.29. The Balaban J connectivity index is 1.40. The van der Waals surface area contributed by atoms with Crippen LogP contribution in [0.15, 0.2) is 42.7 Å².